The number of hydrogen-bond donors (Lipinski definition) is 1. The van der Waals surface area contributed by atoms with Crippen LogP contribution in [0.2, 0.25) is 0 Å². The van der Waals surface area contributed by atoms with Gasteiger partial charge < -0.3 is 14.7 Å². The second-order valence-electron chi connectivity index (χ2n) is 7.77. The van der Waals surface area contributed by atoms with E-state index in [1.165, 1.54) is 22.7 Å². The van der Waals surface area contributed by atoms with E-state index >= 15 is 0 Å². The Balaban J connectivity index is 1.17. The first-order chi connectivity index (χ1) is 16.0. The van der Waals surface area contributed by atoms with Crippen molar-refractivity contribution in [3.63, 3.8) is 0 Å². The first-order valence-electron chi connectivity index (χ1n) is 10.6. The van der Waals surface area contributed by atoms with E-state index in [1.807, 2.05) is 23.1 Å². The van der Waals surface area contributed by atoms with Crippen LogP contribution in [0.5, 0.6) is 0 Å². The molecule has 0 bridgehead atoms. The van der Waals surface area contributed by atoms with Crippen LogP contribution in [-0.2, 0) is 16.1 Å². The molecule has 0 aliphatic carbocycles. The van der Waals surface area contributed by atoms with Crippen molar-refractivity contribution in [1.29, 1.82) is 0 Å². The fourth-order valence-electron chi connectivity index (χ4n) is 3.57. The Bertz CT molecular complexity index is 1110. The zero-order valence-corrected chi connectivity index (χ0v) is 19.9. The van der Waals surface area contributed by atoms with Crippen LogP contribution in [0, 0.1) is 12.7 Å². The number of hydrogen-bond acceptors (Lipinski definition) is 7. The van der Waals surface area contributed by atoms with Crippen molar-refractivity contribution < 1.29 is 18.5 Å². The Kier molecular flexibility index (Phi) is 7.79. The lowest BCUT2D eigenvalue weighted by Crippen LogP contribution is -2.48. The smallest absolute Gasteiger partial charge is 0.235 e. The number of thiophene rings is 1. The van der Waals surface area contributed by atoms with Gasteiger partial charge in [-0.15, -0.1) is 23.1 Å². The lowest BCUT2D eigenvalue weighted by atomic mass is 10.2. The summed E-state index contributed by atoms with van der Waals surface area (Å²) < 4.78 is 18.9. The van der Waals surface area contributed by atoms with Crippen molar-refractivity contribution in [3.05, 3.63) is 58.9 Å². The Morgan fingerprint density at radius 2 is 1.94 bits per heavy atom. The normalized spacial score (nSPS) is 14.4. The number of piperazine rings is 1. The summed E-state index contributed by atoms with van der Waals surface area (Å²) in [5.41, 5.74) is 0.631. The minimum atomic E-state index is -0.211. The molecule has 0 atom stereocenters. The Hall–Kier alpha value is -2.69. The number of benzene rings is 1. The number of thioether (sulfide) groups is 1. The van der Waals surface area contributed by atoms with E-state index in [0.717, 1.165) is 24.5 Å². The van der Waals surface area contributed by atoms with Gasteiger partial charge in [-0.1, -0.05) is 23.4 Å². The van der Waals surface area contributed by atoms with Crippen LogP contribution in [0.15, 0.2) is 47.0 Å². The van der Waals surface area contributed by atoms with Crippen molar-refractivity contribution in [2.45, 2.75) is 13.5 Å². The number of anilines is 1. The molecular weight excluding hydrogens is 463 g/mol. The van der Waals surface area contributed by atoms with Crippen LogP contribution >= 0.6 is 23.1 Å². The third-order valence-corrected chi connectivity index (χ3v) is 7.28. The molecule has 1 N–H and O–H groups in total. The fraction of sp³-hybridized carbons (Fsp3) is 0.348. The largest absolute Gasteiger partial charge is 0.360 e. The van der Waals surface area contributed by atoms with Crippen LogP contribution < -0.4 is 5.32 Å². The van der Waals surface area contributed by atoms with E-state index in [4.69, 9.17) is 4.52 Å². The van der Waals surface area contributed by atoms with Gasteiger partial charge in [0, 0.05) is 54.1 Å². The number of amides is 2. The van der Waals surface area contributed by atoms with E-state index in [2.05, 4.69) is 15.4 Å². The monoisotopic (exact) mass is 488 g/mol. The van der Waals surface area contributed by atoms with E-state index in [-0.39, 0.29) is 29.1 Å². The fourth-order valence-corrected chi connectivity index (χ4v) is 5.37. The molecule has 0 saturated carbocycles. The molecule has 10 heteroatoms. The molecule has 1 aliphatic rings. The predicted molar refractivity (Wildman–Crippen MR) is 129 cm³/mol. The molecule has 174 valence electrons. The average Bonchev–Trinajstić information content (AvgIpc) is 3.43. The summed E-state index contributed by atoms with van der Waals surface area (Å²) in [7, 11) is 0. The number of carbonyl (C=O) groups excluding carboxylic acids is 2. The molecule has 1 aliphatic heterocycles. The van der Waals surface area contributed by atoms with Gasteiger partial charge in [0.05, 0.1) is 11.5 Å². The summed E-state index contributed by atoms with van der Waals surface area (Å²) in [6.45, 7) is 5.44. The average molecular weight is 489 g/mol. The molecular formula is C23H25FN4O3S2. The topological polar surface area (TPSA) is 78.7 Å². The minimum Gasteiger partial charge on any atom is -0.360 e. The van der Waals surface area contributed by atoms with Crippen molar-refractivity contribution in [1.82, 2.24) is 15.0 Å². The van der Waals surface area contributed by atoms with Crippen molar-refractivity contribution >= 4 is 40.7 Å². The summed E-state index contributed by atoms with van der Waals surface area (Å²) >= 11 is 2.89. The predicted octanol–water partition coefficient (Wildman–Crippen LogP) is 3.87. The zero-order chi connectivity index (χ0) is 23.2. The molecule has 2 amide bonds. The summed E-state index contributed by atoms with van der Waals surface area (Å²) in [5.74, 6) is 1.08. The number of aromatic nitrogens is 1. The highest BCUT2D eigenvalue weighted by atomic mass is 32.2. The second kappa shape index (κ2) is 11.0. The third-order valence-electron chi connectivity index (χ3n) is 5.26. The number of carbonyl (C=O) groups is 2. The number of aryl methyl sites for hydroxylation is 1. The van der Waals surface area contributed by atoms with Crippen LogP contribution in [0.3, 0.4) is 0 Å². The van der Waals surface area contributed by atoms with Crippen molar-refractivity contribution in [3.8, 4) is 10.4 Å². The number of rotatable bonds is 8. The van der Waals surface area contributed by atoms with Gasteiger partial charge in [-0.25, -0.2) is 4.39 Å². The molecule has 0 radical (unpaired) electrons. The number of halogens is 1. The maximum Gasteiger partial charge on any atom is 0.235 e. The van der Waals surface area contributed by atoms with E-state index < -0.39 is 0 Å². The number of nitrogens with zero attached hydrogens (tertiary/aromatic N) is 3. The van der Waals surface area contributed by atoms with Crippen molar-refractivity contribution in [2.75, 3.05) is 43.0 Å². The van der Waals surface area contributed by atoms with E-state index in [1.54, 1.807) is 36.5 Å². The second-order valence-corrected chi connectivity index (χ2v) is 9.92. The lowest BCUT2D eigenvalue weighted by Gasteiger charge is -2.34. The lowest BCUT2D eigenvalue weighted by molar-refractivity contribution is -0.130. The molecule has 3 heterocycles. The molecule has 1 saturated heterocycles. The first-order valence-corrected chi connectivity index (χ1v) is 12.6. The van der Waals surface area contributed by atoms with Gasteiger partial charge in [0.1, 0.15) is 11.6 Å². The molecule has 0 unspecified atom stereocenters. The molecule has 3 aromatic rings. The number of nitrogens with one attached hydrogen (secondary N) is 1. The molecule has 1 aromatic carbocycles. The van der Waals surface area contributed by atoms with Gasteiger partial charge in [0.2, 0.25) is 11.8 Å². The maximum atomic E-state index is 14.0. The Morgan fingerprint density at radius 3 is 2.67 bits per heavy atom. The van der Waals surface area contributed by atoms with Gasteiger partial charge >= 0.3 is 0 Å². The highest BCUT2D eigenvalue weighted by Crippen LogP contribution is 2.30. The van der Waals surface area contributed by atoms with E-state index in [9.17, 15) is 14.0 Å². The van der Waals surface area contributed by atoms with Gasteiger partial charge in [0.25, 0.3) is 0 Å². The van der Waals surface area contributed by atoms with Gasteiger partial charge in [-0.05, 0) is 25.1 Å². The van der Waals surface area contributed by atoms with Gasteiger partial charge in [-0.3, -0.25) is 14.5 Å². The van der Waals surface area contributed by atoms with Crippen LogP contribution in [0.4, 0.5) is 10.2 Å². The zero-order valence-electron chi connectivity index (χ0n) is 18.3. The standard InChI is InChI=1S/C23H25FN4O3S2/c1-16-12-21(26-31-16)25-22(29)14-32-15-23(30)28-10-8-27(9-11-28)13-17-6-7-20(33-17)18-4-2-3-5-19(18)24/h2-7,12H,8-11,13-15H2,1H3,(H,25,26,29). The van der Waals surface area contributed by atoms with Gasteiger partial charge in [0.15, 0.2) is 5.82 Å². The molecule has 0 spiro atoms. The highest BCUT2D eigenvalue weighted by molar-refractivity contribution is 8.00. The SMILES string of the molecule is Cc1cc(NC(=O)CSCC(=O)N2CCN(Cc3ccc(-c4ccccc4F)s3)CC2)no1. The minimum absolute atomic E-state index is 0.0442. The third kappa shape index (κ3) is 6.43. The van der Waals surface area contributed by atoms with Gasteiger partial charge in [-0.2, -0.15) is 0 Å². The van der Waals surface area contributed by atoms with Crippen molar-refractivity contribution in [2.24, 2.45) is 0 Å². The highest BCUT2D eigenvalue weighted by Gasteiger charge is 2.22. The summed E-state index contributed by atoms with van der Waals surface area (Å²) in [5, 5.41) is 6.36. The summed E-state index contributed by atoms with van der Waals surface area (Å²) in [6, 6.07) is 12.5. The molecule has 1 fully saturated rings. The first kappa shape index (κ1) is 23.5. The maximum absolute atomic E-state index is 14.0. The molecule has 33 heavy (non-hydrogen) atoms. The Labute approximate surface area is 199 Å². The quantitative estimate of drug-likeness (QED) is 0.519. The van der Waals surface area contributed by atoms with Crippen LogP contribution in [-0.4, -0.2) is 64.5 Å². The van der Waals surface area contributed by atoms with Crippen LogP contribution in [0.1, 0.15) is 10.6 Å². The summed E-state index contributed by atoms with van der Waals surface area (Å²) in [6.07, 6.45) is 0. The molecule has 7 nitrogen and oxygen atoms in total. The van der Waals surface area contributed by atoms with Crippen LogP contribution in [0.25, 0.3) is 10.4 Å². The molecule has 4 rings (SSSR count). The summed E-state index contributed by atoms with van der Waals surface area (Å²) in [4.78, 5) is 30.7. The molecule has 2 aromatic heterocycles. The van der Waals surface area contributed by atoms with E-state index in [0.29, 0.717) is 30.2 Å². The Morgan fingerprint density at radius 1 is 1.15 bits per heavy atom.